The van der Waals surface area contributed by atoms with Gasteiger partial charge in [0.15, 0.2) is 0 Å². The van der Waals surface area contributed by atoms with Gasteiger partial charge in [-0.2, -0.15) is 0 Å². The van der Waals surface area contributed by atoms with E-state index >= 15 is 0 Å². The number of carbonyl (C=O) groups is 1. The molecule has 0 aromatic heterocycles. The molecular weight excluding hydrogens is 226 g/mol. The van der Waals surface area contributed by atoms with Crippen molar-refractivity contribution < 1.29 is 4.79 Å². The van der Waals surface area contributed by atoms with Gasteiger partial charge < -0.3 is 10.6 Å². The van der Waals surface area contributed by atoms with Gasteiger partial charge >= 0.3 is 0 Å². The summed E-state index contributed by atoms with van der Waals surface area (Å²) in [6, 6.07) is 0.558. The van der Waals surface area contributed by atoms with E-state index in [-0.39, 0.29) is 18.3 Å². The number of rotatable bonds is 4. The lowest BCUT2D eigenvalue weighted by atomic mass is 10.1. The summed E-state index contributed by atoms with van der Waals surface area (Å²) >= 11 is 0. The Balaban J connectivity index is 0.00000225. The molecule has 5 heteroatoms. The molecule has 0 aromatic rings. The van der Waals surface area contributed by atoms with Crippen LogP contribution in [-0.2, 0) is 4.79 Å². The molecule has 1 aliphatic rings. The van der Waals surface area contributed by atoms with Gasteiger partial charge in [0, 0.05) is 12.6 Å². The maximum absolute atomic E-state index is 11.4. The van der Waals surface area contributed by atoms with E-state index < -0.39 is 0 Å². The number of likely N-dealkylation sites (N-methyl/N-ethyl adjacent to an activating group) is 2. The van der Waals surface area contributed by atoms with Crippen LogP contribution >= 0.6 is 12.4 Å². The largest absolute Gasteiger partial charge is 0.355 e. The Labute approximate surface area is 105 Å². The van der Waals surface area contributed by atoms with Crippen molar-refractivity contribution >= 4 is 18.3 Å². The first kappa shape index (κ1) is 15.7. The van der Waals surface area contributed by atoms with Crippen LogP contribution in [0.3, 0.4) is 0 Å². The summed E-state index contributed by atoms with van der Waals surface area (Å²) in [5.74, 6) is 0.136. The Kier molecular flexibility index (Phi) is 8.61. The lowest BCUT2D eigenvalue weighted by Gasteiger charge is -2.26. The molecular formula is C11H24ClN3O. The molecule has 0 radical (unpaired) electrons. The molecule has 0 aromatic carbocycles. The van der Waals surface area contributed by atoms with Gasteiger partial charge in [-0.05, 0) is 46.3 Å². The highest BCUT2D eigenvalue weighted by atomic mass is 35.5. The zero-order valence-corrected chi connectivity index (χ0v) is 11.1. The second kappa shape index (κ2) is 8.79. The fourth-order valence-electron chi connectivity index (χ4n) is 2.05. The summed E-state index contributed by atoms with van der Waals surface area (Å²) in [6.07, 6.45) is 3.56. The molecule has 1 amide bonds. The minimum absolute atomic E-state index is 0. The Morgan fingerprint density at radius 3 is 2.88 bits per heavy atom. The summed E-state index contributed by atoms with van der Waals surface area (Å²) in [6.45, 7) is 5.39. The van der Waals surface area contributed by atoms with Crippen molar-refractivity contribution in [1.29, 1.82) is 0 Å². The fraction of sp³-hybridized carbons (Fsp3) is 0.909. The third-order valence-electron chi connectivity index (χ3n) is 2.94. The monoisotopic (exact) mass is 249 g/mol. The molecule has 2 N–H and O–H groups in total. The van der Waals surface area contributed by atoms with E-state index in [1.54, 1.807) is 0 Å². The number of halogens is 1. The maximum Gasteiger partial charge on any atom is 0.234 e. The molecule has 0 bridgehead atoms. The number of hydrogen-bond acceptors (Lipinski definition) is 3. The van der Waals surface area contributed by atoms with Crippen LogP contribution < -0.4 is 10.6 Å². The Morgan fingerprint density at radius 1 is 1.44 bits per heavy atom. The second-order valence-corrected chi connectivity index (χ2v) is 4.20. The summed E-state index contributed by atoms with van der Waals surface area (Å²) in [4.78, 5) is 13.6. The zero-order chi connectivity index (χ0) is 11.1. The highest BCUT2D eigenvalue weighted by molar-refractivity contribution is 5.85. The van der Waals surface area contributed by atoms with E-state index in [0.29, 0.717) is 12.6 Å². The topological polar surface area (TPSA) is 44.4 Å². The lowest BCUT2D eigenvalue weighted by molar-refractivity contribution is -0.122. The van der Waals surface area contributed by atoms with Gasteiger partial charge in [0.2, 0.25) is 5.91 Å². The summed E-state index contributed by atoms with van der Waals surface area (Å²) in [7, 11) is 2.05. The van der Waals surface area contributed by atoms with E-state index in [4.69, 9.17) is 0 Å². The maximum atomic E-state index is 11.4. The SMILES string of the molecule is CCNC(=O)CN(C)C1CCCNCC1.Cl. The Morgan fingerprint density at radius 2 is 2.19 bits per heavy atom. The molecule has 96 valence electrons. The minimum atomic E-state index is 0. The fourth-order valence-corrected chi connectivity index (χ4v) is 2.05. The molecule has 16 heavy (non-hydrogen) atoms. The van der Waals surface area contributed by atoms with Crippen LogP contribution in [0.4, 0.5) is 0 Å². The molecule has 0 spiro atoms. The van der Waals surface area contributed by atoms with Crippen molar-refractivity contribution in [3.05, 3.63) is 0 Å². The number of nitrogens with zero attached hydrogens (tertiary/aromatic N) is 1. The van der Waals surface area contributed by atoms with E-state index in [0.717, 1.165) is 26.1 Å². The third kappa shape index (κ3) is 5.68. The highest BCUT2D eigenvalue weighted by Gasteiger charge is 2.18. The normalized spacial score (nSPS) is 21.1. The first-order valence-corrected chi connectivity index (χ1v) is 5.91. The van der Waals surface area contributed by atoms with Crippen LogP contribution in [0.25, 0.3) is 0 Å². The molecule has 0 aliphatic carbocycles. The molecule has 1 saturated heterocycles. The van der Waals surface area contributed by atoms with E-state index in [9.17, 15) is 4.79 Å². The van der Waals surface area contributed by atoms with Crippen LogP contribution in [0.5, 0.6) is 0 Å². The first-order chi connectivity index (χ1) is 7.24. The van der Waals surface area contributed by atoms with E-state index in [1.807, 2.05) is 14.0 Å². The second-order valence-electron chi connectivity index (χ2n) is 4.20. The number of hydrogen-bond donors (Lipinski definition) is 2. The van der Waals surface area contributed by atoms with E-state index in [1.165, 1.54) is 12.8 Å². The molecule has 0 saturated carbocycles. The minimum Gasteiger partial charge on any atom is -0.355 e. The van der Waals surface area contributed by atoms with Gasteiger partial charge in [0.1, 0.15) is 0 Å². The first-order valence-electron chi connectivity index (χ1n) is 5.91. The molecule has 1 heterocycles. The quantitative estimate of drug-likeness (QED) is 0.768. The van der Waals surface area contributed by atoms with Gasteiger partial charge in [0.05, 0.1) is 6.54 Å². The van der Waals surface area contributed by atoms with Gasteiger partial charge in [-0.25, -0.2) is 0 Å². The van der Waals surface area contributed by atoms with Gasteiger partial charge in [-0.3, -0.25) is 9.69 Å². The molecule has 1 unspecified atom stereocenters. The lowest BCUT2D eigenvalue weighted by Crippen LogP contribution is -2.40. The van der Waals surface area contributed by atoms with Crippen LogP contribution in [0.15, 0.2) is 0 Å². The molecule has 1 atom stereocenters. The van der Waals surface area contributed by atoms with Gasteiger partial charge in [0.25, 0.3) is 0 Å². The zero-order valence-electron chi connectivity index (χ0n) is 10.3. The molecule has 4 nitrogen and oxygen atoms in total. The number of carbonyl (C=O) groups excluding carboxylic acids is 1. The average Bonchev–Trinajstić information content (AvgIpc) is 2.45. The van der Waals surface area contributed by atoms with E-state index in [2.05, 4.69) is 15.5 Å². The number of nitrogens with one attached hydrogen (secondary N) is 2. The van der Waals surface area contributed by atoms with Crippen molar-refractivity contribution in [3.63, 3.8) is 0 Å². The van der Waals surface area contributed by atoms with Crippen LogP contribution in [-0.4, -0.2) is 50.1 Å². The highest BCUT2D eigenvalue weighted by Crippen LogP contribution is 2.10. The van der Waals surface area contributed by atoms with Crippen molar-refractivity contribution in [2.75, 3.05) is 33.2 Å². The molecule has 1 fully saturated rings. The van der Waals surface area contributed by atoms with Crippen molar-refractivity contribution in [2.45, 2.75) is 32.2 Å². The van der Waals surface area contributed by atoms with Gasteiger partial charge in [-0.15, -0.1) is 12.4 Å². The predicted octanol–water partition coefficient (Wildman–Crippen LogP) is 0.618. The summed E-state index contributed by atoms with van der Waals surface area (Å²) in [5.41, 5.74) is 0. The van der Waals surface area contributed by atoms with Crippen molar-refractivity contribution in [2.24, 2.45) is 0 Å². The average molecular weight is 250 g/mol. The van der Waals surface area contributed by atoms with Crippen LogP contribution in [0.2, 0.25) is 0 Å². The summed E-state index contributed by atoms with van der Waals surface area (Å²) in [5, 5.41) is 6.22. The smallest absolute Gasteiger partial charge is 0.234 e. The van der Waals surface area contributed by atoms with Crippen LogP contribution in [0.1, 0.15) is 26.2 Å². The molecule has 1 aliphatic heterocycles. The molecule has 1 rings (SSSR count). The predicted molar refractivity (Wildman–Crippen MR) is 69.1 cm³/mol. The standard InChI is InChI=1S/C11H23N3O.ClH/c1-3-13-11(15)9-14(2)10-5-4-7-12-8-6-10;/h10,12H,3-9H2,1-2H3,(H,13,15);1H. The summed E-state index contributed by atoms with van der Waals surface area (Å²) < 4.78 is 0. The van der Waals surface area contributed by atoms with Crippen molar-refractivity contribution in [1.82, 2.24) is 15.5 Å². The Bertz CT molecular complexity index is 194. The van der Waals surface area contributed by atoms with Crippen LogP contribution in [0, 0.1) is 0 Å². The Hall–Kier alpha value is -0.320. The van der Waals surface area contributed by atoms with Gasteiger partial charge in [-0.1, -0.05) is 0 Å². The number of amides is 1. The third-order valence-corrected chi connectivity index (χ3v) is 2.94. The van der Waals surface area contributed by atoms with Crippen molar-refractivity contribution in [3.8, 4) is 0 Å².